The first kappa shape index (κ1) is 37.1. The lowest BCUT2D eigenvalue weighted by atomic mass is 10.0. The van der Waals surface area contributed by atoms with Gasteiger partial charge in [-0.2, -0.15) is 0 Å². The van der Waals surface area contributed by atoms with E-state index in [0.29, 0.717) is 6.42 Å². The van der Waals surface area contributed by atoms with E-state index in [4.69, 9.17) is 0 Å². The highest BCUT2D eigenvalue weighted by Crippen LogP contribution is 2.14. The van der Waals surface area contributed by atoms with Crippen molar-refractivity contribution in [3.8, 4) is 0 Å². The van der Waals surface area contributed by atoms with E-state index in [2.05, 4.69) is 26.1 Å². The van der Waals surface area contributed by atoms with Gasteiger partial charge in [-0.25, -0.2) is 0 Å². The molecule has 0 radical (unpaired) electrons. The summed E-state index contributed by atoms with van der Waals surface area (Å²) in [6.07, 6.45) is 32.9. The molecule has 0 heterocycles. The fourth-order valence-corrected chi connectivity index (χ4v) is 5.07. The highest BCUT2D eigenvalue weighted by atomic mass is 16.3. The molecule has 226 valence electrons. The highest BCUT2D eigenvalue weighted by Gasteiger charge is 2.17. The van der Waals surface area contributed by atoms with Crippen LogP contribution in [0.5, 0.6) is 0 Å². The average Bonchev–Trinajstić information content (AvgIpc) is 2.90. The Balaban J connectivity index is 3.64. The van der Waals surface area contributed by atoms with Crippen LogP contribution in [0.15, 0.2) is 12.2 Å². The summed E-state index contributed by atoms with van der Waals surface area (Å²) < 4.78 is 0. The van der Waals surface area contributed by atoms with Crippen molar-refractivity contribution >= 4 is 5.91 Å². The molecule has 0 saturated carbocycles. The van der Waals surface area contributed by atoms with E-state index in [1.807, 2.05) is 6.08 Å². The van der Waals surface area contributed by atoms with Crippen LogP contribution in [0.25, 0.3) is 0 Å². The molecule has 4 heteroatoms. The normalized spacial score (nSPS) is 13.4. The number of carbonyl (C=O) groups is 1. The molecular formula is C34H67NO3. The Morgan fingerprint density at radius 1 is 0.684 bits per heavy atom. The van der Waals surface area contributed by atoms with Crippen LogP contribution in [0, 0.1) is 5.92 Å². The zero-order chi connectivity index (χ0) is 28.1. The predicted octanol–water partition coefficient (Wildman–Crippen LogP) is 9.42. The first-order valence-electron chi connectivity index (χ1n) is 16.8. The molecule has 0 saturated heterocycles. The van der Waals surface area contributed by atoms with E-state index in [9.17, 15) is 15.0 Å². The van der Waals surface area contributed by atoms with Gasteiger partial charge in [-0.15, -0.1) is 0 Å². The van der Waals surface area contributed by atoms with Gasteiger partial charge in [-0.3, -0.25) is 4.79 Å². The summed E-state index contributed by atoms with van der Waals surface area (Å²) in [4.78, 5) is 12.3. The SMILES string of the molecule is CCCCCCCCCCCCCCCCC(=O)N[C@@H](CO)[C@H](O)/C=C/CCCCCCCCCC(C)C. The van der Waals surface area contributed by atoms with Crippen LogP contribution in [0.2, 0.25) is 0 Å². The third kappa shape index (κ3) is 26.7. The summed E-state index contributed by atoms with van der Waals surface area (Å²) >= 11 is 0. The standard InChI is InChI=1S/C34H67NO3/c1-4-5-6-7-8-9-10-11-12-13-17-20-23-26-29-34(38)35-32(30-36)33(37)28-25-22-19-16-14-15-18-21-24-27-31(2)3/h25,28,31-33,36-37H,4-24,26-27,29-30H2,1-3H3,(H,35,38)/b28-25+/t32-,33+/m0/s1. The molecule has 0 unspecified atom stereocenters. The third-order valence-corrected chi connectivity index (χ3v) is 7.70. The molecule has 38 heavy (non-hydrogen) atoms. The van der Waals surface area contributed by atoms with Gasteiger partial charge in [0, 0.05) is 6.42 Å². The highest BCUT2D eigenvalue weighted by molar-refractivity contribution is 5.76. The number of aliphatic hydroxyl groups excluding tert-OH is 2. The molecule has 0 aliphatic heterocycles. The fraction of sp³-hybridized carbons (Fsp3) is 0.912. The summed E-state index contributed by atoms with van der Waals surface area (Å²) in [5.74, 6) is 0.758. The van der Waals surface area contributed by atoms with E-state index < -0.39 is 12.1 Å². The lowest BCUT2D eigenvalue weighted by Gasteiger charge is -2.20. The summed E-state index contributed by atoms with van der Waals surface area (Å²) in [6.45, 7) is 6.62. The molecule has 0 aliphatic rings. The van der Waals surface area contributed by atoms with Crippen LogP contribution in [-0.4, -0.2) is 34.9 Å². The van der Waals surface area contributed by atoms with E-state index in [1.165, 1.54) is 122 Å². The molecule has 3 N–H and O–H groups in total. The van der Waals surface area contributed by atoms with Gasteiger partial charge in [0.2, 0.25) is 5.91 Å². The van der Waals surface area contributed by atoms with E-state index >= 15 is 0 Å². The van der Waals surface area contributed by atoms with Crippen molar-refractivity contribution in [2.24, 2.45) is 5.92 Å². The molecule has 0 fully saturated rings. The van der Waals surface area contributed by atoms with E-state index in [0.717, 1.165) is 31.6 Å². The molecule has 0 aromatic carbocycles. The number of rotatable bonds is 29. The van der Waals surface area contributed by atoms with Crippen molar-refractivity contribution in [3.63, 3.8) is 0 Å². The molecule has 0 aromatic heterocycles. The fourth-order valence-electron chi connectivity index (χ4n) is 5.07. The molecule has 1 amide bonds. The molecule has 0 rings (SSSR count). The molecular weight excluding hydrogens is 470 g/mol. The summed E-state index contributed by atoms with van der Waals surface area (Å²) in [7, 11) is 0. The Labute approximate surface area is 237 Å². The van der Waals surface area contributed by atoms with Crippen molar-refractivity contribution in [3.05, 3.63) is 12.2 Å². The average molecular weight is 538 g/mol. The number of carbonyl (C=O) groups excluding carboxylic acids is 1. The summed E-state index contributed by atoms with van der Waals surface area (Å²) in [6, 6.07) is -0.615. The van der Waals surface area contributed by atoms with Crippen molar-refractivity contribution in [1.82, 2.24) is 5.32 Å². The van der Waals surface area contributed by atoms with Crippen LogP contribution in [-0.2, 0) is 4.79 Å². The maximum absolute atomic E-state index is 12.3. The molecule has 0 spiro atoms. The van der Waals surface area contributed by atoms with E-state index in [-0.39, 0.29) is 12.5 Å². The Kier molecular flexibility index (Phi) is 28.5. The summed E-state index contributed by atoms with van der Waals surface area (Å²) in [5, 5.41) is 22.8. The number of allylic oxidation sites excluding steroid dienone is 1. The number of unbranched alkanes of at least 4 members (excludes halogenated alkanes) is 20. The van der Waals surface area contributed by atoms with Gasteiger partial charge in [0.05, 0.1) is 18.8 Å². The van der Waals surface area contributed by atoms with Gasteiger partial charge in [0.15, 0.2) is 0 Å². The van der Waals surface area contributed by atoms with Gasteiger partial charge < -0.3 is 15.5 Å². The number of hydrogen-bond donors (Lipinski definition) is 3. The minimum atomic E-state index is -0.832. The van der Waals surface area contributed by atoms with Gasteiger partial charge in [0.1, 0.15) is 0 Å². The molecule has 0 aliphatic carbocycles. The second-order valence-electron chi connectivity index (χ2n) is 12.1. The second-order valence-corrected chi connectivity index (χ2v) is 12.1. The van der Waals surface area contributed by atoms with Crippen molar-refractivity contribution < 1.29 is 15.0 Å². The lowest BCUT2D eigenvalue weighted by Crippen LogP contribution is -2.45. The monoisotopic (exact) mass is 538 g/mol. The number of aliphatic hydroxyl groups is 2. The molecule has 0 bridgehead atoms. The zero-order valence-electron chi connectivity index (χ0n) is 25.9. The number of hydrogen-bond acceptors (Lipinski definition) is 3. The van der Waals surface area contributed by atoms with Gasteiger partial charge in [0.25, 0.3) is 0 Å². The van der Waals surface area contributed by atoms with Gasteiger partial charge >= 0.3 is 0 Å². The Morgan fingerprint density at radius 2 is 1.13 bits per heavy atom. The predicted molar refractivity (Wildman–Crippen MR) is 165 cm³/mol. The van der Waals surface area contributed by atoms with Crippen molar-refractivity contribution in [1.29, 1.82) is 0 Å². The van der Waals surface area contributed by atoms with Crippen LogP contribution in [0.3, 0.4) is 0 Å². The topological polar surface area (TPSA) is 69.6 Å². The van der Waals surface area contributed by atoms with Gasteiger partial charge in [-0.1, -0.05) is 161 Å². The first-order valence-corrected chi connectivity index (χ1v) is 16.8. The minimum Gasteiger partial charge on any atom is -0.394 e. The largest absolute Gasteiger partial charge is 0.394 e. The lowest BCUT2D eigenvalue weighted by molar-refractivity contribution is -0.123. The molecule has 0 aromatic rings. The first-order chi connectivity index (χ1) is 18.5. The minimum absolute atomic E-state index is 0.0659. The Hall–Kier alpha value is -0.870. The summed E-state index contributed by atoms with van der Waals surface area (Å²) in [5.41, 5.74) is 0. The van der Waals surface area contributed by atoms with Crippen LogP contribution >= 0.6 is 0 Å². The second kappa shape index (κ2) is 29.1. The van der Waals surface area contributed by atoms with Gasteiger partial charge in [-0.05, 0) is 25.2 Å². The van der Waals surface area contributed by atoms with Crippen LogP contribution < -0.4 is 5.32 Å². The smallest absolute Gasteiger partial charge is 0.220 e. The number of amides is 1. The maximum atomic E-state index is 12.3. The van der Waals surface area contributed by atoms with Crippen molar-refractivity contribution in [2.75, 3.05) is 6.61 Å². The quantitative estimate of drug-likeness (QED) is 0.0657. The van der Waals surface area contributed by atoms with Crippen LogP contribution in [0.4, 0.5) is 0 Å². The molecule has 2 atom stereocenters. The van der Waals surface area contributed by atoms with Crippen molar-refractivity contribution in [2.45, 2.75) is 187 Å². The Bertz CT molecular complexity index is 520. The van der Waals surface area contributed by atoms with Crippen LogP contribution in [0.1, 0.15) is 175 Å². The molecule has 4 nitrogen and oxygen atoms in total. The Morgan fingerprint density at radius 3 is 1.61 bits per heavy atom. The maximum Gasteiger partial charge on any atom is 0.220 e. The van der Waals surface area contributed by atoms with E-state index in [1.54, 1.807) is 6.08 Å². The third-order valence-electron chi connectivity index (χ3n) is 7.70. The number of nitrogens with one attached hydrogen (secondary N) is 1. The zero-order valence-corrected chi connectivity index (χ0v) is 25.9.